The van der Waals surface area contributed by atoms with Gasteiger partial charge in [0.1, 0.15) is 5.60 Å². The fraction of sp³-hybridized carbons (Fsp3) is 0.588. The van der Waals surface area contributed by atoms with Crippen LogP contribution in [0.1, 0.15) is 32.8 Å². The Kier molecular flexibility index (Phi) is 5.42. The number of amides is 1. The highest BCUT2D eigenvalue weighted by Gasteiger charge is 2.33. The van der Waals surface area contributed by atoms with Gasteiger partial charge in [-0.2, -0.15) is 0 Å². The molecular weight excluding hydrogens is 278 g/mol. The van der Waals surface area contributed by atoms with E-state index >= 15 is 0 Å². The molecule has 1 aromatic carbocycles. The zero-order valence-electron chi connectivity index (χ0n) is 13.7. The van der Waals surface area contributed by atoms with Gasteiger partial charge in [-0.1, -0.05) is 30.3 Å². The molecule has 0 aliphatic carbocycles. The van der Waals surface area contributed by atoms with Crippen LogP contribution in [0.25, 0.3) is 0 Å². The van der Waals surface area contributed by atoms with Crippen LogP contribution in [0.4, 0.5) is 4.79 Å². The van der Waals surface area contributed by atoms with E-state index in [1.807, 2.05) is 51.1 Å². The average molecular weight is 305 g/mol. The molecule has 2 rings (SSSR count). The van der Waals surface area contributed by atoms with E-state index < -0.39 is 5.60 Å². The summed E-state index contributed by atoms with van der Waals surface area (Å²) in [5, 5.41) is 3.27. The molecule has 3 N–H and O–H groups in total. The first kappa shape index (κ1) is 16.8. The van der Waals surface area contributed by atoms with Crippen LogP contribution in [0.5, 0.6) is 0 Å². The number of nitrogens with one attached hydrogen (secondary N) is 1. The predicted molar refractivity (Wildman–Crippen MR) is 87.5 cm³/mol. The Morgan fingerprint density at radius 3 is 2.64 bits per heavy atom. The molecule has 5 heteroatoms. The Hall–Kier alpha value is -1.59. The SMILES string of the molecule is CC(C)(C)OC(=O)N(Cc1ccccc1)C1CCNCC1N. The number of ether oxygens (including phenoxy) is 1. The van der Waals surface area contributed by atoms with E-state index in [0.29, 0.717) is 6.54 Å². The topological polar surface area (TPSA) is 67.6 Å². The first-order chi connectivity index (χ1) is 10.4. The van der Waals surface area contributed by atoms with E-state index in [2.05, 4.69) is 5.32 Å². The molecule has 1 aromatic rings. The molecule has 0 saturated carbocycles. The summed E-state index contributed by atoms with van der Waals surface area (Å²) in [6, 6.07) is 9.88. The number of carbonyl (C=O) groups is 1. The first-order valence-corrected chi connectivity index (χ1v) is 7.86. The van der Waals surface area contributed by atoms with Crippen LogP contribution in [-0.4, -0.2) is 41.8 Å². The van der Waals surface area contributed by atoms with Gasteiger partial charge in [0.2, 0.25) is 0 Å². The molecule has 0 spiro atoms. The molecule has 1 heterocycles. The summed E-state index contributed by atoms with van der Waals surface area (Å²) < 4.78 is 5.58. The Morgan fingerprint density at radius 2 is 2.05 bits per heavy atom. The lowest BCUT2D eigenvalue weighted by atomic mass is 9.99. The number of nitrogens with zero attached hydrogens (tertiary/aromatic N) is 1. The Morgan fingerprint density at radius 1 is 1.36 bits per heavy atom. The number of hydrogen-bond donors (Lipinski definition) is 2. The molecule has 22 heavy (non-hydrogen) atoms. The van der Waals surface area contributed by atoms with Crippen LogP contribution in [-0.2, 0) is 11.3 Å². The van der Waals surface area contributed by atoms with Crippen molar-refractivity contribution >= 4 is 6.09 Å². The molecule has 2 unspecified atom stereocenters. The molecule has 1 saturated heterocycles. The minimum absolute atomic E-state index is 0.00342. The van der Waals surface area contributed by atoms with Gasteiger partial charge < -0.3 is 15.8 Å². The Labute approximate surface area is 132 Å². The third kappa shape index (κ3) is 4.71. The van der Waals surface area contributed by atoms with E-state index in [9.17, 15) is 4.79 Å². The minimum atomic E-state index is -0.511. The van der Waals surface area contributed by atoms with Crippen LogP contribution >= 0.6 is 0 Å². The quantitative estimate of drug-likeness (QED) is 0.897. The van der Waals surface area contributed by atoms with E-state index in [1.165, 1.54) is 0 Å². The summed E-state index contributed by atoms with van der Waals surface area (Å²) in [6.07, 6.45) is 0.548. The molecule has 0 bridgehead atoms. The number of piperidine rings is 1. The molecular formula is C17H27N3O2. The molecule has 1 aliphatic heterocycles. The van der Waals surface area contributed by atoms with Gasteiger partial charge in [-0.25, -0.2) is 4.79 Å². The van der Waals surface area contributed by atoms with Crippen LogP contribution in [0, 0.1) is 0 Å². The van der Waals surface area contributed by atoms with E-state index in [-0.39, 0.29) is 18.2 Å². The van der Waals surface area contributed by atoms with Gasteiger partial charge in [-0.15, -0.1) is 0 Å². The van der Waals surface area contributed by atoms with Crippen molar-refractivity contribution in [2.24, 2.45) is 5.73 Å². The normalized spacial score (nSPS) is 22.2. The van der Waals surface area contributed by atoms with Crippen LogP contribution in [0.15, 0.2) is 30.3 Å². The maximum Gasteiger partial charge on any atom is 0.410 e. The summed E-state index contributed by atoms with van der Waals surface area (Å²) in [7, 11) is 0. The second kappa shape index (κ2) is 7.11. The number of rotatable bonds is 3. The van der Waals surface area contributed by atoms with Crippen molar-refractivity contribution in [3.8, 4) is 0 Å². The number of nitrogens with two attached hydrogens (primary N) is 1. The van der Waals surface area contributed by atoms with Crippen molar-refractivity contribution in [3.63, 3.8) is 0 Å². The third-order valence-electron chi connectivity index (χ3n) is 3.72. The monoisotopic (exact) mass is 305 g/mol. The van der Waals surface area contributed by atoms with Crippen LogP contribution < -0.4 is 11.1 Å². The lowest BCUT2D eigenvalue weighted by molar-refractivity contribution is 0.00830. The molecule has 122 valence electrons. The zero-order chi connectivity index (χ0) is 16.2. The highest BCUT2D eigenvalue weighted by Crippen LogP contribution is 2.19. The highest BCUT2D eigenvalue weighted by molar-refractivity contribution is 5.68. The standard InChI is InChI=1S/C17H27N3O2/c1-17(2,3)22-16(21)20(12-13-7-5-4-6-8-13)15-9-10-19-11-14(15)18/h4-8,14-15,19H,9-12,18H2,1-3H3. The lowest BCUT2D eigenvalue weighted by Crippen LogP contribution is -2.58. The van der Waals surface area contributed by atoms with Gasteiger partial charge in [0.15, 0.2) is 0 Å². The second-order valence-electron chi connectivity index (χ2n) is 6.82. The van der Waals surface area contributed by atoms with E-state index in [4.69, 9.17) is 10.5 Å². The van der Waals surface area contributed by atoms with Crippen LogP contribution in [0.3, 0.4) is 0 Å². The molecule has 0 radical (unpaired) electrons. The number of benzene rings is 1. The molecule has 5 nitrogen and oxygen atoms in total. The lowest BCUT2D eigenvalue weighted by Gasteiger charge is -2.39. The summed E-state index contributed by atoms with van der Waals surface area (Å²) in [6.45, 7) is 7.76. The van der Waals surface area contributed by atoms with Gasteiger partial charge >= 0.3 is 6.09 Å². The first-order valence-electron chi connectivity index (χ1n) is 7.86. The largest absolute Gasteiger partial charge is 0.444 e. The molecule has 1 fully saturated rings. The van der Waals surface area contributed by atoms with Crippen molar-refractivity contribution in [2.45, 2.75) is 51.4 Å². The number of hydrogen-bond acceptors (Lipinski definition) is 4. The maximum absolute atomic E-state index is 12.6. The fourth-order valence-electron chi connectivity index (χ4n) is 2.67. The van der Waals surface area contributed by atoms with Gasteiger partial charge in [0.25, 0.3) is 0 Å². The van der Waals surface area contributed by atoms with Gasteiger partial charge in [0, 0.05) is 19.1 Å². The van der Waals surface area contributed by atoms with E-state index in [0.717, 1.165) is 25.1 Å². The fourth-order valence-corrected chi connectivity index (χ4v) is 2.67. The zero-order valence-corrected chi connectivity index (χ0v) is 13.7. The Bertz CT molecular complexity index is 484. The van der Waals surface area contributed by atoms with E-state index in [1.54, 1.807) is 4.90 Å². The van der Waals surface area contributed by atoms with Crippen molar-refractivity contribution in [3.05, 3.63) is 35.9 Å². The number of carbonyl (C=O) groups excluding carboxylic acids is 1. The van der Waals surface area contributed by atoms with Gasteiger partial charge in [0.05, 0.1) is 6.04 Å². The summed E-state index contributed by atoms with van der Waals surface area (Å²) >= 11 is 0. The summed E-state index contributed by atoms with van der Waals surface area (Å²) in [5.41, 5.74) is 6.79. The highest BCUT2D eigenvalue weighted by atomic mass is 16.6. The summed E-state index contributed by atoms with van der Waals surface area (Å²) in [4.78, 5) is 14.4. The maximum atomic E-state index is 12.6. The van der Waals surface area contributed by atoms with Crippen molar-refractivity contribution in [2.75, 3.05) is 13.1 Å². The molecule has 2 atom stereocenters. The van der Waals surface area contributed by atoms with Crippen molar-refractivity contribution in [1.29, 1.82) is 0 Å². The summed E-state index contributed by atoms with van der Waals surface area (Å²) in [5.74, 6) is 0. The molecule has 1 amide bonds. The third-order valence-corrected chi connectivity index (χ3v) is 3.72. The molecule has 0 aromatic heterocycles. The van der Waals surface area contributed by atoms with Crippen LogP contribution in [0.2, 0.25) is 0 Å². The van der Waals surface area contributed by atoms with Crippen molar-refractivity contribution < 1.29 is 9.53 Å². The Balaban J connectivity index is 2.17. The van der Waals surface area contributed by atoms with Gasteiger partial charge in [-0.3, -0.25) is 4.90 Å². The smallest absolute Gasteiger partial charge is 0.410 e. The second-order valence-corrected chi connectivity index (χ2v) is 6.82. The average Bonchev–Trinajstić information content (AvgIpc) is 2.45. The van der Waals surface area contributed by atoms with Gasteiger partial charge in [-0.05, 0) is 39.3 Å². The minimum Gasteiger partial charge on any atom is -0.444 e. The molecule has 1 aliphatic rings. The predicted octanol–water partition coefficient (Wildman–Crippen LogP) is 2.11. The van der Waals surface area contributed by atoms with Crippen molar-refractivity contribution in [1.82, 2.24) is 10.2 Å².